The van der Waals surface area contributed by atoms with Gasteiger partial charge in [0.15, 0.2) is 6.10 Å². The Labute approximate surface area is 119 Å². The van der Waals surface area contributed by atoms with E-state index in [1.807, 2.05) is 0 Å². The zero-order valence-electron chi connectivity index (χ0n) is 10.7. The molecule has 0 radical (unpaired) electrons. The van der Waals surface area contributed by atoms with Crippen LogP contribution in [-0.2, 0) is 14.3 Å². The molecule has 2 rings (SSSR count). The van der Waals surface area contributed by atoms with Crippen LogP contribution in [-0.4, -0.2) is 63.1 Å². The van der Waals surface area contributed by atoms with E-state index >= 15 is 0 Å². The van der Waals surface area contributed by atoms with Gasteiger partial charge >= 0.3 is 11.9 Å². The van der Waals surface area contributed by atoms with Crippen LogP contribution in [0.5, 0.6) is 0 Å². The van der Waals surface area contributed by atoms with Crippen LogP contribution < -0.4 is 0 Å². The fraction of sp³-hybridized carbons (Fsp3) is 0.385. The highest BCUT2D eigenvalue weighted by atomic mass is 16.8. The quantitative estimate of drug-likeness (QED) is 0.401. The standard InChI is InChI=1S/C13H14O8/c14-7-8(15)10(11(17)18)20-13(9(7)16)21-12(19)6-4-2-1-3-5-6/h1-5,7-10,13-16H,(H,17,18)/t7-,8-,9+,10-,13-/m0/s1/i12+1. The number of aliphatic hydroxyl groups is 3. The van der Waals surface area contributed by atoms with Gasteiger partial charge in [0, 0.05) is 0 Å². The third-order valence-corrected chi connectivity index (χ3v) is 3.05. The minimum atomic E-state index is -1.83. The first-order valence-corrected chi connectivity index (χ1v) is 6.10. The Kier molecular flexibility index (Phi) is 4.53. The molecule has 1 aliphatic rings. The molecule has 0 amide bonds. The Hall–Kier alpha value is -2.00. The molecule has 0 unspecified atom stereocenters. The maximum Gasteiger partial charge on any atom is 0.340 e. The lowest BCUT2D eigenvalue weighted by Gasteiger charge is -2.37. The van der Waals surface area contributed by atoms with Crippen LogP contribution >= 0.6 is 0 Å². The lowest BCUT2D eigenvalue weighted by molar-refractivity contribution is -0.278. The molecule has 1 heterocycles. The highest BCUT2D eigenvalue weighted by Crippen LogP contribution is 2.23. The second-order valence-corrected chi connectivity index (χ2v) is 4.51. The van der Waals surface area contributed by atoms with E-state index in [1.165, 1.54) is 12.1 Å². The Bertz CT molecular complexity index is 516. The topological polar surface area (TPSA) is 134 Å². The summed E-state index contributed by atoms with van der Waals surface area (Å²) < 4.78 is 9.68. The van der Waals surface area contributed by atoms with Gasteiger partial charge in [-0.3, -0.25) is 0 Å². The molecule has 4 N–H and O–H groups in total. The zero-order chi connectivity index (χ0) is 15.6. The Morgan fingerprint density at radius 1 is 1.00 bits per heavy atom. The average Bonchev–Trinajstić information content (AvgIpc) is 2.48. The molecule has 114 valence electrons. The van der Waals surface area contributed by atoms with Gasteiger partial charge in [-0.2, -0.15) is 0 Å². The summed E-state index contributed by atoms with van der Waals surface area (Å²) in [6.45, 7) is 0. The van der Waals surface area contributed by atoms with Crippen LogP contribution in [0.2, 0.25) is 0 Å². The molecule has 0 saturated carbocycles. The van der Waals surface area contributed by atoms with Gasteiger partial charge in [-0.15, -0.1) is 0 Å². The van der Waals surface area contributed by atoms with Crippen molar-refractivity contribution in [3.8, 4) is 0 Å². The molecule has 0 bridgehead atoms. The molecule has 1 aromatic carbocycles. The predicted octanol–water partition coefficient (Wildman–Crippen LogP) is -1.26. The molecule has 8 heteroatoms. The summed E-state index contributed by atoms with van der Waals surface area (Å²) in [7, 11) is 0. The third kappa shape index (κ3) is 3.19. The number of carbonyl (C=O) groups is 2. The van der Waals surface area contributed by atoms with E-state index in [1.54, 1.807) is 18.2 Å². The van der Waals surface area contributed by atoms with E-state index in [9.17, 15) is 24.9 Å². The molecule has 1 saturated heterocycles. The predicted molar refractivity (Wildman–Crippen MR) is 66.2 cm³/mol. The number of hydrogen-bond donors (Lipinski definition) is 4. The fourth-order valence-electron chi connectivity index (χ4n) is 1.90. The van der Waals surface area contributed by atoms with Crippen LogP contribution in [0.25, 0.3) is 0 Å². The molecule has 0 aliphatic carbocycles. The minimum absolute atomic E-state index is 0.167. The lowest BCUT2D eigenvalue weighted by Crippen LogP contribution is -2.60. The number of carboxylic acid groups (broad SMARTS) is 1. The summed E-state index contributed by atoms with van der Waals surface area (Å²) in [6.07, 6.45) is -8.91. The van der Waals surface area contributed by atoms with Crippen molar-refractivity contribution < 1.29 is 39.5 Å². The van der Waals surface area contributed by atoms with E-state index in [-0.39, 0.29) is 5.56 Å². The number of hydrogen-bond acceptors (Lipinski definition) is 7. The number of ether oxygens (including phenoxy) is 2. The molecule has 1 aliphatic heterocycles. The second kappa shape index (κ2) is 6.19. The molecule has 0 aromatic heterocycles. The van der Waals surface area contributed by atoms with Crippen molar-refractivity contribution in [3.63, 3.8) is 0 Å². The molecule has 0 spiro atoms. The highest BCUT2D eigenvalue weighted by Gasteiger charge is 2.48. The number of carbonyl (C=O) groups excluding carboxylic acids is 1. The van der Waals surface area contributed by atoms with Crippen molar-refractivity contribution in [2.45, 2.75) is 30.7 Å². The maximum absolute atomic E-state index is 11.8. The molecular formula is C13H14O8. The molecule has 21 heavy (non-hydrogen) atoms. The monoisotopic (exact) mass is 299 g/mol. The van der Waals surface area contributed by atoms with Gasteiger partial charge in [0.2, 0.25) is 6.29 Å². The largest absolute Gasteiger partial charge is 0.479 e. The number of aliphatic hydroxyl groups excluding tert-OH is 3. The summed E-state index contributed by atoms with van der Waals surface area (Å²) in [4.78, 5) is 22.7. The van der Waals surface area contributed by atoms with Gasteiger partial charge in [-0.1, -0.05) is 18.2 Å². The minimum Gasteiger partial charge on any atom is -0.479 e. The summed E-state index contributed by atoms with van der Waals surface area (Å²) in [6, 6.07) is 7.78. The summed E-state index contributed by atoms with van der Waals surface area (Å²) in [5, 5.41) is 37.6. The Morgan fingerprint density at radius 2 is 1.62 bits per heavy atom. The van der Waals surface area contributed by atoms with Crippen LogP contribution in [0.1, 0.15) is 10.4 Å². The molecule has 1 fully saturated rings. The van der Waals surface area contributed by atoms with E-state index < -0.39 is 42.6 Å². The lowest BCUT2D eigenvalue weighted by atomic mass is 9.99. The third-order valence-electron chi connectivity index (χ3n) is 3.05. The second-order valence-electron chi connectivity index (χ2n) is 4.51. The van der Waals surface area contributed by atoms with E-state index in [2.05, 4.69) is 0 Å². The van der Waals surface area contributed by atoms with Gasteiger partial charge in [0.05, 0.1) is 5.56 Å². The molecule has 1 aromatic rings. The smallest absolute Gasteiger partial charge is 0.340 e. The van der Waals surface area contributed by atoms with Crippen molar-refractivity contribution >= 4 is 11.9 Å². The van der Waals surface area contributed by atoms with Gasteiger partial charge in [0.1, 0.15) is 18.3 Å². The van der Waals surface area contributed by atoms with Crippen LogP contribution in [0.15, 0.2) is 30.3 Å². The number of esters is 1. The maximum atomic E-state index is 11.8. The van der Waals surface area contributed by atoms with Gasteiger partial charge in [-0.05, 0) is 12.1 Å². The summed E-state index contributed by atoms with van der Waals surface area (Å²) in [5.41, 5.74) is 0.167. The first-order chi connectivity index (χ1) is 9.91. The van der Waals surface area contributed by atoms with Crippen LogP contribution in [0.3, 0.4) is 0 Å². The normalized spacial score (nSPS) is 32.4. The average molecular weight is 299 g/mol. The molecule has 8 nitrogen and oxygen atoms in total. The number of rotatable bonds is 3. The summed E-state index contributed by atoms with van der Waals surface area (Å²) in [5.74, 6) is -2.40. The van der Waals surface area contributed by atoms with Crippen molar-refractivity contribution in [2.75, 3.05) is 0 Å². The first kappa shape index (κ1) is 15.4. The number of carboxylic acids is 1. The van der Waals surface area contributed by atoms with Gasteiger partial charge in [0.25, 0.3) is 0 Å². The number of benzene rings is 1. The van der Waals surface area contributed by atoms with Crippen molar-refractivity contribution in [3.05, 3.63) is 35.9 Å². The van der Waals surface area contributed by atoms with E-state index in [0.717, 1.165) is 0 Å². The van der Waals surface area contributed by atoms with Crippen molar-refractivity contribution in [2.24, 2.45) is 0 Å². The first-order valence-electron chi connectivity index (χ1n) is 6.10. The SMILES string of the molecule is O=C(O)[C@H]1O[C@@H](O[13C](=O)c2ccccc2)[C@H](O)[C@@H](O)[C@@H]1O. The Morgan fingerprint density at radius 3 is 2.19 bits per heavy atom. The summed E-state index contributed by atoms with van der Waals surface area (Å²) >= 11 is 0. The Balaban J connectivity index is 2.11. The van der Waals surface area contributed by atoms with Gasteiger partial charge < -0.3 is 29.9 Å². The van der Waals surface area contributed by atoms with E-state index in [4.69, 9.17) is 14.6 Å². The fourth-order valence-corrected chi connectivity index (χ4v) is 1.90. The molecule has 5 atom stereocenters. The van der Waals surface area contributed by atoms with Crippen LogP contribution in [0.4, 0.5) is 0 Å². The van der Waals surface area contributed by atoms with Crippen LogP contribution in [0, 0.1) is 0 Å². The molecular weight excluding hydrogens is 285 g/mol. The highest BCUT2D eigenvalue weighted by molar-refractivity contribution is 5.89. The van der Waals surface area contributed by atoms with Crippen molar-refractivity contribution in [1.82, 2.24) is 0 Å². The zero-order valence-corrected chi connectivity index (χ0v) is 10.7. The van der Waals surface area contributed by atoms with E-state index in [0.29, 0.717) is 0 Å². The van der Waals surface area contributed by atoms with Crippen molar-refractivity contribution in [1.29, 1.82) is 0 Å². The number of aliphatic carboxylic acids is 1. The van der Waals surface area contributed by atoms with Gasteiger partial charge in [-0.25, -0.2) is 9.59 Å².